The summed E-state index contributed by atoms with van der Waals surface area (Å²) in [6, 6.07) is 10.6. The first-order valence-corrected chi connectivity index (χ1v) is 6.57. The molecule has 1 amide bonds. The molecule has 98 valence electrons. The van der Waals surface area contributed by atoms with Crippen LogP contribution in [0.1, 0.15) is 22.0 Å². The van der Waals surface area contributed by atoms with Gasteiger partial charge in [0.05, 0.1) is 18.2 Å². The highest BCUT2D eigenvalue weighted by Gasteiger charge is 2.14. The zero-order valence-corrected chi connectivity index (χ0v) is 11.7. The van der Waals surface area contributed by atoms with Crippen LogP contribution < -0.4 is 5.32 Å². The maximum Gasteiger partial charge on any atom is 0.253 e. The van der Waals surface area contributed by atoms with E-state index in [1.807, 2.05) is 30.3 Å². The number of hydrogen-bond donors (Lipinski definition) is 2. The molecule has 1 aromatic carbocycles. The van der Waals surface area contributed by atoms with Gasteiger partial charge in [-0.1, -0.05) is 30.3 Å². The third-order valence-corrected chi connectivity index (χ3v) is 3.09. The second-order valence-corrected chi connectivity index (χ2v) is 4.93. The van der Waals surface area contributed by atoms with Gasteiger partial charge >= 0.3 is 0 Å². The molecule has 4 nitrogen and oxygen atoms in total. The Morgan fingerprint density at radius 2 is 2.05 bits per heavy atom. The van der Waals surface area contributed by atoms with E-state index in [1.165, 1.54) is 6.20 Å². The Morgan fingerprint density at radius 1 is 1.32 bits per heavy atom. The van der Waals surface area contributed by atoms with Crippen LogP contribution >= 0.6 is 15.9 Å². The normalized spacial score (nSPS) is 11.9. The molecule has 5 heteroatoms. The number of rotatable bonds is 4. The van der Waals surface area contributed by atoms with Gasteiger partial charge in [-0.3, -0.25) is 9.78 Å². The van der Waals surface area contributed by atoms with Gasteiger partial charge in [0.1, 0.15) is 0 Å². The van der Waals surface area contributed by atoms with Crippen LogP contribution in [0.4, 0.5) is 0 Å². The number of nitrogens with one attached hydrogen (secondary N) is 1. The summed E-state index contributed by atoms with van der Waals surface area (Å²) in [5, 5.41) is 12.2. The number of nitrogens with zero attached hydrogens (tertiary/aromatic N) is 1. The lowest BCUT2D eigenvalue weighted by atomic mass is 10.1. The van der Waals surface area contributed by atoms with Crippen molar-refractivity contribution < 1.29 is 9.90 Å². The Kier molecular flexibility index (Phi) is 4.65. The van der Waals surface area contributed by atoms with Gasteiger partial charge in [-0.2, -0.15) is 0 Å². The number of carbonyl (C=O) groups excluding carboxylic acids is 1. The van der Waals surface area contributed by atoms with Gasteiger partial charge < -0.3 is 10.4 Å². The monoisotopic (exact) mass is 320 g/mol. The lowest BCUT2D eigenvalue weighted by Crippen LogP contribution is -2.30. The number of benzene rings is 1. The minimum atomic E-state index is -0.423. The molecular formula is C14H13BrN2O2. The third-order valence-electron chi connectivity index (χ3n) is 2.66. The van der Waals surface area contributed by atoms with Crippen molar-refractivity contribution in [3.8, 4) is 0 Å². The summed E-state index contributed by atoms with van der Waals surface area (Å²) < 4.78 is 0.736. The van der Waals surface area contributed by atoms with Crippen LogP contribution in [0.5, 0.6) is 0 Å². The number of aliphatic hydroxyl groups is 1. The van der Waals surface area contributed by atoms with Crippen molar-refractivity contribution in [3.05, 3.63) is 64.4 Å². The van der Waals surface area contributed by atoms with E-state index in [0.29, 0.717) is 5.56 Å². The maximum atomic E-state index is 12.1. The Labute approximate surface area is 119 Å². The summed E-state index contributed by atoms with van der Waals surface area (Å²) in [7, 11) is 0. The number of carbonyl (C=O) groups is 1. The summed E-state index contributed by atoms with van der Waals surface area (Å²) in [5.41, 5.74) is 1.31. The van der Waals surface area contributed by atoms with Crippen LogP contribution in [0.3, 0.4) is 0 Å². The lowest BCUT2D eigenvalue weighted by molar-refractivity contribution is 0.0916. The van der Waals surface area contributed by atoms with Crippen molar-refractivity contribution >= 4 is 21.8 Å². The zero-order chi connectivity index (χ0) is 13.7. The van der Waals surface area contributed by atoms with Crippen molar-refractivity contribution in [1.82, 2.24) is 10.3 Å². The molecule has 1 heterocycles. The number of aliphatic hydroxyl groups excluding tert-OH is 1. The minimum Gasteiger partial charge on any atom is -0.394 e. The smallest absolute Gasteiger partial charge is 0.253 e. The Morgan fingerprint density at radius 3 is 2.68 bits per heavy atom. The quantitative estimate of drug-likeness (QED) is 0.908. The predicted molar refractivity (Wildman–Crippen MR) is 75.7 cm³/mol. The van der Waals surface area contributed by atoms with E-state index in [2.05, 4.69) is 26.2 Å². The summed E-state index contributed by atoms with van der Waals surface area (Å²) in [6.45, 7) is -0.156. The van der Waals surface area contributed by atoms with E-state index in [9.17, 15) is 9.90 Å². The van der Waals surface area contributed by atoms with E-state index in [0.717, 1.165) is 10.0 Å². The first-order valence-electron chi connectivity index (χ1n) is 5.78. The SMILES string of the molecule is O=C(N[C@@H](CO)c1ccccc1)c1cncc(Br)c1. The highest BCUT2D eigenvalue weighted by molar-refractivity contribution is 9.10. The molecule has 1 atom stereocenters. The summed E-state index contributed by atoms with van der Waals surface area (Å²) in [4.78, 5) is 16.0. The fraction of sp³-hybridized carbons (Fsp3) is 0.143. The van der Waals surface area contributed by atoms with Crippen LogP contribution in [0.25, 0.3) is 0 Å². The Hall–Kier alpha value is -1.72. The first kappa shape index (κ1) is 13.7. The molecule has 0 aliphatic heterocycles. The topological polar surface area (TPSA) is 62.2 Å². The molecule has 0 spiro atoms. The van der Waals surface area contributed by atoms with Gasteiger partial charge in [0, 0.05) is 16.9 Å². The standard InChI is InChI=1S/C14H13BrN2O2/c15-12-6-11(7-16-8-12)14(19)17-13(9-18)10-4-2-1-3-5-10/h1-8,13,18H,9H2,(H,17,19)/t13-/m0/s1. The molecule has 0 fully saturated rings. The molecule has 0 saturated heterocycles. The summed E-state index contributed by atoms with van der Waals surface area (Å²) >= 11 is 3.27. The highest BCUT2D eigenvalue weighted by atomic mass is 79.9. The Balaban J connectivity index is 2.13. The molecule has 0 aliphatic carbocycles. The lowest BCUT2D eigenvalue weighted by Gasteiger charge is -2.16. The molecule has 2 rings (SSSR count). The van der Waals surface area contributed by atoms with E-state index in [1.54, 1.807) is 12.3 Å². The molecule has 0 saturated carbocycles. The number of hydrogen-bond acceptors (Lipinski definition) is 3. The maximum absolute atomic E-state index is 12.1. The van der Waals surface area contributed by atoms with Crippen LogP contribution in [0.2, 0.25) is 0 Å². The highest BCUT2D eigenvalue weighted by Crippen LogP contribution is 2.14. The molecular weight excluding hydrogens is 308 g/mol. The van der Waals surface area contributed by atoms with E-state index in [-0.39, 0.29) is 12.5 Å². The van der Waals surface area contributed by atoms with Gasteiger partial charge in [0.2, 0.25) is 0 Å². The largest absolute Gasteiger partial charge is 0.394 e. The van der Waals surface area contributed by atoms with Crippen molar-refractivity contribution in [2.24, 2.45) is 0 Å². The zero-order valence-electron chi connectivity index (χ0n) is 10.1. The molecule has 0 radical (unpaired) electrons. The molecule has 0 bridgehead atoms. The number of amides is 1. The van der Waals surface area contributed by atoms with E-state index < -0.39 is 6.04 Å². The number of pyridine rings is 1. The van der Waals surface area contributed by atoms with Crippen molar-refractivity contribution in [2.75, 3.05) is 6.61 Å². The summed E-state index contributed by atoms with van der Waals surface area (Å²) in [6.07, 6.45) is 3.09. The first-order chi connectivity index (χ1) is 9.20. The van der Waals surface area contributed by atoms with Gasteiger partial charge in [0.15, 0.2) is 0 Å². The van der Waals surface area contributed by atoms with Gasteiger partial charge in [-0.05, 0) is 27.6 Å². The number of aromatic nitrogens is 1. The number of halogens is 1. The second kappa shape index (κ2) is 6.45. The fourth-order valence-electron chi connectivity index (χ4n) is 1.70. The van der Waals surface area contributed by atoms with Gasteiger partial charge in [-0.15, -0.1) is 0 Å². The average Bonchev–Trinajstić information content (AvgIpc) is 2.45. The van der Waals surface area contributed by atoms with E-state index >= 15 is 0 Å². The molecule has 2 aromatic rings. The third kappa shape index (κ3) is 3.62. The van der Waals surface area contributed by atoms with Crippen LogP contribution in [0.15, 0.2) is 53.3 Å². The molecule has 1 aromatic heterocycles. The summed E-state index contributed by atoms with van der Waals surface area (Å²) in [5.74, 6) is -0.267. The molecule has 19 heavy (non-hydrogen) atoms. The van der Waals surface area contributed by atoms with Crippen LogP contribution in [-0.2, 0) is 0 Å². The second-order valence-electron chi connectivity index (χ2n) is 4.01. The predicted octanol–water partition coefficient (Wildman–Crippen LogP) is 2.31. The van der Waals surface area contributed by atoms with Crippen molar-refractivity contribution in [3.63, 3.8) is 0 Å². The van der Waals surface area contributed by atoms with Gasteiger partial charge in [-0.25, -0.2) is 0 Å². The average molecular weight is 321 g/mol. The Bertz CT molecular complexity index is 560. The molecule has 0 aliphatic rings. The fourth-order valence-corrected chi connectivity index (χ4v) is 2.06. The molecule has 2 N–H and O–H groups in total. The van der Waals surface area contributed by atoms with Crippen LogP contribution in [-0.4, -0.2) is 22.6 Å². The van der Waals surface area contributed by atoms with Crippen molar-refractivity contribution in [2.45, 2.75) is 6.04 Å². The van der Waals surface area contributed by atoms with Crippen LogP contribution in [0, 0.1) is 0 Å². The minimum absolute atomic E-state index is 0.156. The van der Waals surface area contributed by atoms with Crippen molar-refractivity contribution in [1.29, 1.82) is 0 Å². The molecule has 0 unspecified atom stereocenters. The van der Waals surface area contributed by atoms with E-state index in [4.69, 9.17) is 0 Å². The van der Waals surface area contributed by atoms with Gasteiger partial charge in [0.25, 0.3) is 5.91 Å².